The number of phenolic OH excluding ortho intramolecular Hbond substituents is 9. The number of rotatable bonds is 8. The third kappa shape index (κ3) is 6.62. The van der Waals surface area contributed by atoms with Crippen LogP contribution in [0.2, 0.25) is 0 Å². The number of hydrogen-bond acceptors (Lipinski definition) is 18. The first-order valence-electron chi connectivity index (χ1n) is 12.8. The SMILES string of the molecule is CO[C@@H]1O[C@H](COC(=O)c2cc(O)c(O)c(O)c2)[C@@H](O)[C@H](OC(=O)c2cc(O)c(O)c(O)c2)[C@H]1OC(=O)c1cc(O)c(O)c(O)c1. The molecule has 10 N–H and O–H groups in total. The van der Waals surface area contributed by atoms with Crippen LogP contribution in [0.3, 0.4) is 0 Å². The number of benzene rings is 3. The summed E-state index contributed by atoms with van der Waals surface area (Å²) in [7, 11) is 1.06. The van der Waals surface area contributed by atoms with Gasteiger partial charge < -0.3 is 74.7 Å². The van der Waals surface area contributed by atoms with Crippen LogP contribution in [0.4, 0.5) is 0 Å². The standard InChI is InChI=1S/C28H26O18/c1-42-28-24(46-27(41)11-6-16(33)21(37)17(34)7-11)23(45-26(40)10-4-14(31)20(36)15(32)5-10)22(38)18(44-28)8-43-25(39)9-2-12(29)19(35)13(30)3-9/h2-7,18,22-24,28-38H,8H2,1H3/t18-,22-,23+,24-,28-/m1/s1. The van der Waals surface area contributed by atoms with Gasteiger partial charge in [-0.1, -0.05) is 0 Å². The number of aliphatic hydroxyl groups excluding tert-OH is 1. The van der Waals surface area contributed by atoms with Gasteiger partial charge in [0, 0.05) is 7.11 Å². The van der Waals surface area contributed by atoms with Gasteiger partial charge in [-0.15, -0.1) is 0 Å². The fourth-order valence-electron chi connectivity index (χ4n) is 4.27. The van der Waals surface area contributed by atoms with Crippen LogP contribution in [0.5, 0.6) is 51.7 Å². The van der Waals surface area contributed by atoms with Crippen LogP contribution in [-0.2, 0) is 23.7 Å². The van der Waals surface area contributed by atoms with Gasteiger partial charge in [0.2, 0.25) is 0 Å². The molecule has 1 fully saturated rings. The van der Waals surface area contributed by atoms with Crippen molar-refractivity contribution >= 4 is 17.9 Å². The van der Waals surface area contributed by atoms with E-state index < -0.39 is 124 Å². The monoisotopic (exact) mass is 650 g/mol. The first-order valence-corrected chi connectivity index (χ1v) is 12.8. The summed E-state index contributed by atoms with van der Waals surface area (Å²) in [4.78, 5) is 38.6. The molecule has 46 heavy (non-hydrogen) atoms. The summed E-state index contributed by atoms with van der Waals surface area (Å²) >= 11 is 0. The second kappa shape index (κ2) is 13.0. The topological polar surface area (TPSA) is 300 Å². The number of aliphatic hydroxyl groups is 1. The number of carbonyl (C=O) groups is 3. The predicted molar refractivity (Wildman–Crippen MR) is 145 cm³/mol. The van der Waals surface area contributed by atoms with Gasteiger partial charge in [-0.3, -0.25) is 0 Å². The molecule has 5 atom stereocenters. The average Bonchev–Trinajstić information content (AvgIpc) is 3.01. The molecule has 3 aromatic carbocycles. The molecule has 1 aliphatic heterocycles. The number of hydrogen-bond donors (Lipinski definition) is 10. The van der Waals surface area contributed by atoms with E-state index in [4.69, 9.17) is 23.7 Å². The zero-order valence-corrected chi connectivity index (χ0v) is 23.3. The molecule has 3 aromatic rings. The van der Waals surface area contributed by atoms with Gasteiger partial charge in [-0.2, -0.15) is 0 Å². The number of carbonyl (C=O) groups excluding carboxylic acids is 3. The van der Waals surface area contributed by atoms with Crippen molar-refractivity contribution in [3.05, 3.63) is 53.1 Å². The van der Waals surface area contributed by atoms with Gasteiger partial charge >= 0.3 is 17.9 Å². The molecule has 0 aliphatic carbocycles. The Labute approximate surface area is 256 Å². The highest BCUT2D eigenvalue weighted by atomic mass is 16.7. The first-order chi connectivity index (χ1) is 21.6. The highest BCUT2D eigenvalue weighted by Crippen LogP contribution is 2.38. The largest absolute Gasteiger partial charge is 0.504 e. The van der Waals surface area contributed by atoms with Crippen LogP contribution in [0.25, 0.3) is 0 Å². The third-order valence-corrected chi connectivity index (χ3v) is 6.63. The Morgan fingerprint density at radius 2 is 0.957 bits per heavy atom. The summed E-state index contributed by atoms with van der Waals surface area (Å²) in [6.07, 6.45) is -9.05. The number of aromatic hydroxyl groups is 9. The quantitative estimate of drug-likeness (QED) is 0.0894. The maximum Gasteiger partial charge on any atom is 0.339 e. The van der Waals surface area contributed by atoms with Gasteiger partial charge in [0.25, 0.3) is 0 Å². The number of ether oxygens (including phenoxy) is 5. The Hall–Kier alpha value is -5.85. The molecule has 4 rings (SSSR count). The second-order valence-corrected chi connectivity index (χ2v) is 9.70. The Morgan fingerprint density at radius 3 is 1.33 bits per heavy atom. The van der Waals surface area contributed by atoms with Gasteiger partial charge in [-0.25, -0.2) is 14.4 Å². The number of esters is 3. The highest BCUT2D eigenvalue weighted by molar-refractivity contribution is 5.92. The van der Waals surface area contributed by atoms with Crippen LogP contribution >= 0.6 is 0 Å². The van der Waals surface area contributed by atoms with E-state index in [0.29, 0.717) is 12.1 Å². The molecule has 246 valence electrons. The summed E-state index contributed by atoms with van der Waals surface area (Å²) in [5.41, 5.74) is -1.50. The molecule has 0 unspecified atom stereocenters. The molecular formula is C28H26O18. The van der Waals surface area contributed by atoms with E-state index in [1.807, 2.05) is 0 Å². The van der Waals surface area contributed by atoms with Crippen LogP contribution in [-0.4, -0.2) is 113 Å². The van der Waals surface area contributed by atoms with E-state index in [1.54, 1.807) is 0 Å². The molecule has 1 aliphatic rings. The van der Waals surface area contributed by atoms with E-state index in [2.05, 4.69) is 0 Å². The average molecular weight is 650 g/mol. The lowest BCUT2D eigenvalue weighted by Gasteiger charge is -2.42. The molecular weight excluding hydrogens is 624 g/mol. The smallest absolute Gasteiger partial charge is 0.339 e. The van der Waals surface area contributed by atoms with E-state index in [9.17, 15) is 65.4 Å². The maximum absolute atomic E-state index is 13.0. The van der Waals surface area contributed by atoms with Crippen molar-refractivity contribution in [3.8, 4) is 51.7 Å². The number of methoxy groups -OCH3 is 1. The zero-order chi connectivity index (χ0) is 34.0. The highest BCUT2D eigenvalue weighted by Gasteiger charge is 2.51. The summed E-state index contributed by atoms with van der Waals surface area (Å²) in [6.45, 7) is -0.808. The molecule has 1 heterocycles. The molecule has 0 amide bonds. The first kappa shape index (κ1) is 33.1. The summed E-state index contributed by atoms with van der Waals surface area (Å²) in [6, 6.07) is 4.42. The van der Waals surface area contributed by atoms with Crippen molar-refractivity contribution in [2.45, 2.75) is 30.7 Å². The van der Waals surface area contributed by atoms with E-state index in [1.165, 1.54) is 0 Å². The Balaban J connectivity index is 1.63. The van der Waals surface area contributed by atoms with Crippen LogP contribution in [0.15, 0.2) is 36.4 Å². The lowest BCUT2D eigenvalue weighted by molar-refractivity contribution is -0.292. The van der Waals surface area contributed by atoms with Crippen molar-refractivity contribution < 1.29 is 89.1 Å². The summed E-state index contributed by atoms with van der Waals surface area (Å²) < 4.78 is 26.6. The van der Waals surface area contributed by atoms with E-state index >= 15 is 0 Å². The Bertz CT molecular complexity index is 1600. The third-order valence-electron chi connectivity index (χ3n) is 6.63. The minimum absolute atomic E-state index is 0.427. The molecule has 18 nitrogen and oxygen atoms in total. The minimum Gasteiger partial charge on any atom is -0.504 e. The van der Waals surface area contributed by atoms with Gasteiger partial charge in [0.1, 0.15) is 18.8 Å². The minimum atomic E-state index is -2.00. The van der Waals surface area contributed by atoms with Crippen molar-refractivity contribution in [1.29, 1.82) is 0 Å². The van der Waals surface area contributed by atoms with Crippen molar-refractivity contribution in [3.63, 3.8) is 0 Å². The van der Waals surface area contributed by atoms with Gasteiger partial charge in [0.15, 0.2) is 70.2 Å². The molecule has 0 radical (unpaired) electrons. The fraction of sp³-hybridized carbons (Fsp3) is 0.250. The molecule has 18 heteroatoms. The van der Waals surface area contributed by atoms with Crippen molar-refractivity contribution in [1.82, 2.24) is 0 Å². The predicted octanol–water partition coefficient (Wildman–Crippen LogP) is 0.377. The normalized spacial score (nSPS) is 20.9. The fourth-order valence-corrected chi connectivity index (χ4v) is 4.27. The lowest BCUT2D eigenvalue weighted by Crippen LogP contribution is -2.61. The maximum atomic E-state index is 13.0. The summed E-state index contributed by atoms with van der Waals surface area (Å²) in [5, 5.41) is 98.4. The lowest BCUT2D eigenvalue weighted by atomic mass is 9.98. The van der Waals surface area contributed by atoms with Gasteiger partial charge in [-0.05, 0) is 36.4 Å². The van der Waals surface area contributed by atoms with E-state index in [0.717, 1.165) is 31.4 Å². The summed E-state index contributed by atoms with van der Waals surface area (Å²) in [5.74, 6) is -12.0. The molecule has 0 aromatic heterocycles. The number of phenols is 9. The molecule has 0 bridgehead atoms. The van der Waals surface area contributed by atoms with Crippen molar-refractivity contribution in [2.24, 2.45) is 0 Å². The molecule has 0 saturated carbocycles. The van der Waals surface area contributed by atoms with E-state index in [-0.39, 0.29) is 0 Å². The van der Waals surface area contributed by atoms with Crippen LogP contribution in [0, 0.1) is 0 Å². The molecule has 0 spiro atoms. The molecule has 1 saturated heterocycles. The Morgan fingerprint density at radius 1 is 0.609 bits per heavy atom. The zero-order valence-electron chi connectivity index (χ0n) is 23.3. The van der Waals surface area contributed by atoms with Gasteiger partial charge in [0.05, 0.1) is 16.7 Å². The Kier molecular flexibility index (Phi) is 9.36. The van der Waals surface area contributed by atoms with Crippen molar-refractivity contribution in [2.75, 3.05) is 13.7 Å². The van der Waals surface area contributed by atoms with Crippen LogP contribution in [0.1, 0.15) is 31.1 Å². The van der Waals surface area contributed by atoms with Crippen LogP contribution < -0.4 is 0 Å². The second-order valence-electron chi connectivity index (χ2n) is 9.70.